The van der Waals surface area contributed by atoms with E-state index in [2.05, 4.69) is 33.6 Å². The first-order valence-electron chi connectivity index (χ1n) is 7.29. The molecular weight excluding hydrogens is 254 g/mol. The van der Waals surface area contributed by atoms with Gasteiger partial charge in [0.15, 0.2) is 0 Å². The Bertz CT molecular complexity index is 552. The largest absolute Gasteiger partial charge is 0.370 e. The number of fused-ring (bicyclic) bond motifs is 1. The number of rotatable bonds is 2. The van der Waals surface area contributed by atoms with Gasteiger partial charge in [-0.1, -0.05) is 18.9 Å². The summed E-state index contributed by atoms with van der Waals surface area (Å²) in [4.78, 5) is 1.27. The van der Waals surface area contributed by atoms with Crippen LogP contribution >= 0.6 is 11.3 Å². The molecule has 0 saturated heterocycles. The van der Waals surface area contributed by atoms with Crippen molar-refractivity contribution in [2.24, 2.45) is 5.92 Å². The van der Waals surface area contributed by atoms with E-state index in [4.69, 9.17) is 5.10 Å². The number of nitrogens with zero attached hydrogens (tertiary/aromatic N) is 2. The maximum Gasteiger partial charge on any atom is 0.125 e. The highest BCUT2D eigenvalue weighted by Crippen LogP contribution is 2.40. The van der Waals surface area contributed by atoms with E-state index in [-0.39, 0.29) is 0 Å². The minimum atomic E-state index is 0.618. The summed E-state index contributed by atoms with van der Waals surface area (Å²) < 4.78 is 2.27. The molecule has 1 unspecified atom stereocenters. The second-order valence-corrected chi connectivity index (χ2v) is 6.61. The maximum atomic E-state index is 4.88. The van der Waals surface area contributed by atoms with Crippen molar-refractivity contribution in [3.05, 3.63) is 23.6 Å². The van der Waals surface area contributed by atoms with E-state index in [1.165, 1.54) is 42.8 Å². The van der Waals surface area contributed by atoms with Gasteiger partial charge in [0.1, 0.15) is 11.5 Å². The molecule has 0 aromatic carbocycles. The Hall–Kier alpha value is -1.29. The van der Waals surface area contributed by atoms with Crippen LogP contribution in [0.5, 0.6) is 0 Å². The van der Waals surface area contributed by atoms with E-state index < -0.39 is 0 Å². The van der Waals surface area contributed by atoms with Crippen molar-refractivity contribution in [3.63, 3.8) is 0 Å². The van der Waals surface area contributed by atoms with Crippen molar-refractivity contribution in [1.29, 1.82) is 0 Å². The van der Waals surface area contributed by atoms with Gasteiger partial charge < -0.3 is 5.32 Å². The summed E-state index contributed by atoms with van der Waals surface area (Å²) in [6.07, 6.45) is 6.81. The van der Waals surface area contributed by atoms with Crippen LogP contribution < -0.4 is 5.32 Å². The molecule has 4 rings (SSSR count). The average Bonchev–Trinajstić information content (AvgIpc) is 3.18. The normalized spacial score (nSPS) is 23.3. The second kappa shape index (κ2) is 4.67. The van der Waals surface area contributed by atoms with Crippen LogP contribution in [-0.4, -0.2) is 16.3 Å². The minimum absolute atomic E-state index is 0.618. The lowest BCUT2D eigenvalue weighted by Gasteiger charge is -2.30. The number of aromatic nitrogens is 2. The third-order valence-electron chi connectivity index (χ3n) is 4.51. The van der Waals surface area contributed by atoms with E-state index in [1.807, 2.05) is 0 Å². The van der Waals surface area contributed by atoms with Crippen LogP contribution in [0.25, 0.3) is 10.6 Å². The van der Waals surface area contributed by atoms with Crippen molar-refractivity contribution in [2.45, 2.75) is 38.1 Å². The average molecular weight is 273 g/mol. The molecule has 1 fully saturated rings. The van der Waals surface area contributed by atoms with Gasteiger partial charge in [-0.3, -0.25) is 0 Å². The van der Waals surface area contributed by atoms with Gasteiger partial charge in [0, 0.05) is 12.6 Å². The Labute approximate surface area is 117 Å². The Balaban J connectivity index is 1.70. The van der Waals surface area contributed by atoms with E-state index in [0.717, 1.165) is 18.2 Å². The molecule has 1 atom stereocenters. The van der Waals surface area contributed by atoms with Gasteiger partial charge in [0.25, 0.3) is 0 Å². The summed E-state index contributed by atoms with van der Waals surface area (Å²) >= 11 is 1.77. The number of hydrogen-bond acceptors (Lipinski definition) is 3. The third-order valence-corrected chi connectivity index (χ3v) is 5.41. The van der Waals surface area contributed by atoms with Crippen molar-refractivity contribution < 1.29 is 0 Å². The highest BCUT2D eigenvalue weighted by molar-refractivity contribution is 7.13. The van der Waals surface area contributed by atoms with Crippen LogP contribution in [0, 0.1) is 5.92 Å². The number of nitrogens with one attached hydrogen (secondary N) is 1. The lowest BCUT2D eigenvalue weighted by atomic mass is 9.94. The monoisotopic (exact) mass is 273 g/mol. The maximum absolute atomic E-state index is 4.88. The Kier molecular flexibility index (Phi) is 2.84. The molecule has 3 nitrogen and oxygen atoms in total. The highest BCUT2D eigenvalue weighted by atomic mass is 32.1. The molecule has 2 aromatic rings. The number of thiophene rings is 1. The van der Waals surface area contributed by atoms with Gasteiger partial charge >= 0.3 is 0 Å². The summed E-state index contributed by atoms with van der Waals surface area (Å²) in [5.74, 6) is 2.06. The van der Waals surface area contributed by atoms with E-state index >= 15 is 0 Å². The summed E-state index contributed by atoms with van der Waals surface area (Å²) in [6, 6.07) is 7.09. The van der Waals surface area contributed by atoms with Crippen LogP contribution in [0.1, 0.15) is 38.1 Å². The van der Waals surface area contributed by atoms with Gasteiger partial charge in [0.2, 0.25) is 0 Å². The predicted molar refractivity (Wildman–Crippen MR) is 79.6 cm³/mol. The quantitative estimate of drug-likeness (QED) is 0.890. The first kappa shape index (κ1) is 11.5. The SMILES string of the molecule is c1csc(-c2cc3n(n2)C(C2CCCC2)CCN3)c1. The number of hydrogen-bond donors (Lipinski definition) is 1. The standard InChI is InChI=1S/C15H19N3S/c1-2-5-11(4-1)13-7-8-16-15-10-12(17-18(13)15)14-6-3-9-19-14/h3,6,9-11,13,16H,1-2,4-5,7-8H2. The molecule has 0 spiro atoms. The molecule has 4 heteroatoms. The number of anilines is 1. The molecule has 1 N–H and O–H groups in total. The van der Waals surface area contributed by atoms with Crippen LogP contribution in [-0.2, 0) is 0 Å². The summed E-state index contributed by atoms with van der Waals surface area (Å²) in [5.41, 5.74) is 1.13. The molecule has 0 radical (unpaired) electrons. The molecule has 3 heterocycles. The van der Waals surface area contributed by atoms with E-state index in [9.17, 15) is 0 Å². The van der Waals surface area contributed by atoms with Crippen molar-refractivity contribution in [2.75, 3.05) is 11.9 Å². The van der Waals surface area contributed by atoms with Crippen LogP contribution in [0.3, 0.4) is 0 Å². The van der Waals surface area contributed by atoms with Gasteiger partial charge in [-0.05, 0) is 36.6 Å². The molecule has 2 aromatic heterocycles. The molecule has 100 valence electrons. The molecule has 1 aliphatic heterocycles. The fourth-order valence-electron chi connectivity index (χ4n) is 3.57. The fourth-order valence-corrected chi connectivity index (χ4v) is 4.25. The van der Waals surface area contributed by atoms with Gasteiger partial charge in [-0.2, -0.15) is 5.10 Å². The summed E-state index contributed by atoms with van der Waals surface area (Å²) in [6.45, 7) is 1.09. The molecule has 0 bridgehead atoms. The fraction of sp³-hybridized carbons (Fsp3) is 0.533. The Morgan fingerprint density at radius 1 is 1.26 bits per heavy atom. The summed E-state index contributed by atoms with van der Waals surface area (Å²) in [5, 5.41) is 10.5. The third kappa shape index (κ3) is 1.98. The van der Waals surface area contributed by atoms with Crippen LogP contribution in [0.2, 0.25) is 0 Å². The smallest absolute Gasteiger partial charge is 0.125 e. The molecule has 19 heavy (non-hydrogen) atoms. The van der Waals surface area contributed by atoms with Crippen molar-refractivity contribution in [1.82, 2.24) is 9.78 Å². The minimum Gasteiger partial charge on any atom is -0.370 e. The lowest BCUT2D eigenvalue weighted by Crippen LogP contribution is -2.28. The first-order valence-corrected chi connectivity index (χ1v) is 8.17. The van der Waals surface area contributed by atoms with E-state index in [0.29, 0.717) is 6.04 Å². The Morgan fingerprint density at radius 3 is 2.95 bits per heavy atom. The van der Waals surface area contributed by atoms with Crippen molar-refractivity contribution >= 4 is 17.2 Å². The highest BCUT2D eigenvalue weighted by Gasteiger charge is 2.31. The zero-order valence-corrected chi connectivity index (χ0v) is 11.8. The predicted octanol–water partition coefficient (Wildman–Crippen LogP) is 4.16. The topological polar surface area (TPSA) is 29.9 Å². The van der Waals surface area contributed by atoms with Gasteiger partial charge in [0.05, 0.1) is 10.9 Å². The molecular formula is C15H19N3S. The lowest BCUT2D eigenvalue weighted by molar-refractivity contribution is 0.291. The van der Waals surface area contributed by atoms with Crippen LogP contribution in [0.15, 0.2) is 23.6 Å². The first-order chi connectivity index (χ1) is 9.42. The molecule has 0 amide bonds. The molecule has 1 aliphatic carbocycles. The van der Waals surface area contributed by atoms with E-state index in [1.54, 1.807) is 11.3 Å². The van der Waals surface area contributed by atoms with Gasteiger partial charge in [-0.15, -0.1) is 11.3 Å². The second-order valence-electron chi connectivity index (χ2n) is 5.66. The molecule has 1 saturated carbocycles. The van der Waals surface area contributed by atoms with Crippen molar-refractivity contribution in [3.8, 4) is 10.6 Å². The zero-order chi connectivity index (χ0) is 12.7. The summed E-state index contributed by atoms with van der Waals surface area (Å²) in [7, 11) is 0. The Morgan fingerprint density at radius 2 is 2.16 bits per heavy atom. The van der Waals surface area contributed by atoms with Crippen LogP contribution in [0.4, 0.5) is 5.82 Å². The zero-order valence-electron chi connectivity index (χ0n) is 11.0. The molecule has 2 aliphatic rings. The van der Waals surface area contributed by atoms with Gasteiger partial charge in [-0.25, -0.2) is 4.68 Å².